The Hall–Kier alpha value is -4.26. The lowest BCUT2D eigenvalue weighted by atomic mass is 10.1. The van der Waals surface area contributed by atoms with Crippen molar-refractivity contribution in [2.75, 3.05) is 10.6 Å². The summed E-state index contributed by atoms with van der Waals surface area (Å²) in [5.41, 5.74) is 3.75. The fraction of sp³-hybridized carbons (Fsp3) is 0.120. The van der Waals surface area contributed by atoms with E-state index in [4.69, 9.17) is 0 Å². The van der Waals surface area contributed by atoms with Crippen molar-refractivity contribution >= 4 is 34.1 Å². The third-order valence-electron chi connectivity index (χ3n) is 5.13. The molecule has 0 radical (unpaired) electrons. The van der Waals surface area contributed by atoms with Gasteiger partial charge in [0.1, 0.15) is 5.82 Å². The molecule has 160 valence electrons. The highest BCUT2D eigenvalue weighted by Gasteiger charge is 2.12. The van der Waals surface area contributed by atoms with Crippen molar-refractivity contribution < 1.29 is 9.59 Å². The van der Waals surface area contributed by atoms with Crippen LogP contribution in [0.4, 0.5) is 11.4 Å². The van der Waals surface area contributed by atoms with E-state index in [1.54, 1.807) is 55.5 Å². The molecule has 7 heteroatoms. The van der Waals surface area contributed by atoms with Crippen LogP contribution in [0.1, 0.15) is 28.7 Å². The minimum atomic E-state index is -0.274. The number of aryl methyl sites for hydroxylation is 2. The van der Waals surface area contributed by atoms with Crippen LogP contribution in [0.15, 0.2) is 71.5 Å². The Balaban J connectivity index is 1.57. The maximum absolute atomic E-state index is 13.0. The van der Waals surface area contributed by atoms with Crippen LogP contribution in [0.25, 0.3) is 16.6 Å². The number of rotatable bonds is 4. The van der Waals surface area contributed by atoms with Crippen molar-refractivity contribution in [1.29, 1.82) is 0 Å². The molecule has 0 aliphatic heterocycles. The van der Waals surface area contributed by atoms with Gasteiger partial charge in [0.05, 0.1) is 16.6 Å². The Labute approximate surface area is 184 Å². The normalized spacial score (nSPS) is 10.7. The number of nitrogens with one attached hydrogen (secondary N) is 2. The first-order chi connectivity index (χ1) is 15.3. The van der Waals surface area contributed by atoms with Crippen molar-refractivity contribution in [2.24, 2.45) is 0 Å². The van der Waals surface area contributed by atoms with Crippen molar-refractivity contribution in [2.45, 2.75) is 20.8 Å². The first kappa shape index (κ1) is 21.0. The summed E-state index contributed by atoms with van der Waals surface area (Å²) in [6.45, 7) is 5.08. The summed E-state index contributed by atoms with van der Waals surface area (Å²) in [6.07, 6.45) is 0. The number of fused-ring (bicyclic) bond motifs is 1. The van der Waals surface area contributed by atoms with Crippen molar-refractivity contribution in [1.82, 2.24) is 9.55 Å². The summed E-state index contributed by atoms with van der Waals surface area (Å²) in [7, 11) is 0. The Bertz CT molecular complexity index is 1410. The predicted octanol–water partition coefficient (Wildman–Crippen LogP) is 4.21. The molecule has 1 heterocycles. The van der Waals surface area contributed by atoms with Crippen LogP contribution in [-0.4, -0.2) is 21.4 Å². The van der Waals surface area contributed by atoms with Crippen LogP contribution < -0.4 is 16.2 Å². The van der Waals surface area contributed by atoms with E-state index in [1.807, 2.05) is 25.1 Å². The van der Waals surface area contributed by atoms with Gasteiger partial charge in [-0.2, -0.15) is 0 Å². The molecule has 0 aliphatic carbocycles. The third kappa shape index (κ3) is 4.13. The molecule has 4 rings (SSSR count). The molecule has 0 fully saturated rings. The third-order valence-corrected chi connectivity index (χ3v) is 5.13. The molecule has 0 unspecified atom stereocenters. The molecule has 0 atom stereocenters. The number of benzene rings is 3. The quantitative estimate of drug-likeness (QED) is 0.511. The van der Waals surface area contributed by atoms with Gasteiger partial charge in [0, 0.05) is 23.9 Å². The van der Waals surface area contributed by atoms with Crippen LogP contribution in [0.3, 0.4) is 0 Å². The van der Waals surface area contributed by atoms with E-state index in [2.05, 4.69) is 15.6 Å². The Morgan fingerprint density at radius 1 is 0.906 bits per heavy atom. The van der Waals surface area contributed by atoms with Gasteiger partial charge in [0.2, 0.25) is 5.91 Å². The summed E-state index contributed by atoms with van der Waals surface area (Å²) < 4.78 is 1.54. The van der Waals surface area contributed by atoms with Gasteiger partial charge in [-0.1, -0.05) is 12.1 Å². The Morgan fingerprint density at radius 2 is 1.62 bits per heavy atom. The van der Waals surface area contributed by atoms with E-state index in [-0.39, 0.29) is 17.4 Å². The van der Waals surface area contributed by atoms with Crippen molar-refractivity contribution in [3.8, 4) is 5.69 Å². The fourth-order valence-corrected chi connectivity index (χ4v) is 3.58. The van der Waals surface area contributed by atoms with E-state index < -0.39 is 0 Å². The predicted molar refractivity (Wildman–Crippen MR) is 126 cm³/mol. The molecule has 0 bridgehead atoms. The van der Waals surface area contributed by atoms with Crippen LogP contribution in [0, 0.1) is 13.8 Å². The second-order valence-corrected chi connectivity index (χ2v) is 7.53. The van der Waals surface area contributed by atoms with Crippen LogP contribution in [-0.2, 0) is 4.79 Å². The molecule has 0 aliphatic rings. The number of hydrogen-bond acceptors (Lipinski definition) is 4. The van der Waals surface area contributed by atoms with Gasteiger partial charge < -0.3 is 10.6 Å². The second-order valence-electron chi connectivity index (χ2n) is 7.53. The van der Waals surface area contributed by atoms with Gasteiger partial charge in [-0.25, -0.2) is 4.98 Å². The lowest BCUT2D eigenvalue weighted by molar-refractivity contribution is -0.114. The number of carbonyl (C=O) groups excluding carboxylic acids is 2. The van der Waals surface area contributed by atoms with Gasteiger partial charge in [-0.3, -0.25) is 19.0 Å². The number of para-hydroxylation sites is 1. The summed E-state index contributed by atoms with van der Waals surface area (Å²) >= 11 is 0. The number of aromatic nitrogens is 2. The molecule has 2 amide bonds. The van der Waals surface area contributed by atoms with Crippen molar-refractivity contribution in [3.63, 3.8) is 0 Å². The maximum Gasteiger partial charge on any atom is 0.265 e. The van der Waals surface area contributed by atoms with Crippen molar-refractivity contribution in [3.05, 3.63) is 94.0 Å². The highest BCUT2D eigenvalue weighted by Crippen LogP contribution is 2.21. The van der Waals surface area contributed by atoms with Crippen LogP contribution in [0.5, 0.6) is 0 Å². The zero-order chi connectivity index (χ0) is 22.8. The average molecular weight is 426 g/mol. The number of hydrogen-bond donors (Lipinski definition) is 2. The smallest absolute Gasteiger partial charge is 0.265 e. The molecule has 3 aromatic carbocycles. The van der Waals surface area contributed by atoms with Crippen LogP contribution >= 0.6 is 0 Å². The Morgan fingerprint density at radius 3 is 2.31 bits per heavy atom. The molecular weight excluding hydrogens is 404 g/mol. The first-order valence-electron chi connectivity index (χ1n) is 10.1. The van der Waals surface area contributed by atoms with Gasteiger partial charge in [-0.15, -0.1) is 0 Å². The zero-order valence-electron chi connectivity index (χ0n) is 18.0. The highest BCUT2D eigenvalue weighted by molar-refractivity contribution is 6.04. The molecular formula is C25H22N4O3. The largest absolute Gasteiger partial charge is 0.326 e. The van der Waals surface area contributed by atoms with E-state index in [0.29, 0.717) is 39.4 Å². The Kier molecular flexibility index (Phi) is 5.55. The lowest BCUT2D eigenvalue weighted by Crippen LogP contribution is -2.22. The topological polar surface area (TPSA) is 93.1 Å². The molecule has 0 saturated heterocycles. The monoisotopic (exact) mass is 426 g/mol. The molecule has 0 spiro atoms. The zero-order valence-corrected chi connectivity index (χ0v) is 18.0. The number of nitrogens with zero attached hydrogens (tertiary/aromatic N) is 2. The van der Waals surface area contributed by atoms with E-state index in [1.165, 1.54) is 11.5 Å². The molecule has 0 saturated carbocycles. The summed E-state index contributed by atoms with van der Waals surface area (Å²) in [4.78, 5) is 41.4. The van der Waals surface area contributed by atoms with Gasteiger partial charge in [0.25, 0.3) is 11.5 Å². The number of anilines is 2. The molecule has 7 nitrogen and oxygen atoms in total. The standard InChI is InChI=1S/C25H22N4O3/c1-15-14-19(10-13-22(15)27-17(3)30)28-24(31)18-8-11-20(12-9-18)29-16(2)26-23-7-5-4-6-21(23)25(29)32/h4-14H,1-3H3,(H,27,30)(H,28,31). The maximum atomic E-state index is 13.0. The summed E-state index contributed by atoms with van der Waals surface area (Å²) in [6, 6.07) is 19.3. The minimum absolute atomic E-state index is 0.152. The highest BCUT2D eigenvalue weighted by atomic mass is 16.2. The van der Waals surface area contributed by atoms with E-state index >= 15 is 0 Å². The van der Waals surface area contributed by atoms with E-state index in [9.17, 15) is 14.4 Å². The van der Waals surface area contributed by atoms with Crippen LogP contribution in [0.2, 0.25) is 0 Å². The minimum Gasteiger partial charge on any atom is -0.326 e. The van der Waals surface area contributed by atoms with Gasteiger partial charge >= 0.3 is 0 Å². The number of carbonyl (C=O) groups is 2. The lowest BCUT2D eigenvalue weighted by Gasteiger charge is -2.12. The molecule has 1 aromatic heterocycles. The SMILES string of the molecule is CC(=O)Nc1ccc(NC(=O)c2ccc(-n3c(C)nc4ccccc4c3=O)cc2)cc1C. The van der Waals surface area contributed by atoms with Gasteiger partial charge in [-0.05, 0) is 74.0 Å². The van der Waals surface area contributed by atoms with Gasteiger partial charge in [0.15, 0.2) is 0 Å². The fourth-order valence-electron chi connectivity index (χ4n) is 3.58. The summed E-state index contributed by atoms with van der Waals surface area (Å²) in [5, 5.41) is 6.14. The average Bonchev–Trinajstić information content (AvgIpc) is 2.76. The number of amides is 2. The first-order valence-corrected chi connectivity index (χ1v) is 10.1. The van der Waals surface area contributed by atoms with E-state index in [0.717, 1.165) is 5.56 Å². The molecule has 32 heavy (non-hydrogen) atoms. The molecule has 4 aromatic rings. The summed E-state index contributed by atoms with van der Waals surface area (Å²) in [5.74, 6) is 0.144. The second kappa shape index (κ2) is 8.47. The molecule has 2 N–H and O–H groups in total.